The van der Waals surface area contributed by atoms with Crippen molar-refractivity contribution < 1.29 is 20.1 Å². The van der Waals surface area contributed by atoms with Crippen LogP contribution >= 0.6 is 11.6 Å². The second kappa shape index (κ2) is 4.57. The van der Waals surface area contributed by atoms with Gasteiger partial charge in [0.1, 0.15) is 11.3 Å². The third kappa shape index (κ3) is 2.44. The van der Waals surface area contributed by atoms with Crippen LogP contribution in [0.15, 0.2) is 12.3 Å². The fourth-order valence-corrected chi connectivity index (χ4v) is 1.50. The summed E-state index contributed by atoms with van der Waals surface area (Å²) in [5.41, 5.74) is 0.705. The maximum absolute atomic E-state index is 10.5. The molecular formula is C9H10ClNO4. The Balaban J connectivity index is 3.10. The van der Waals surface area contributed by atoms with Crippen LogP contribution in [-0.4, -0.2) is 32.4 Å². The summed E-state index contributed by atoms with van der Waals surface area (Å²) in [6.07, 6.45) is -2.06. The van der Waals surface area contributed by atoms with Crippen molar-refractivity contribution in [3.63, 3.8) is 0 Å². The lowest BCUT2D eigenvalue weighted by Gasteiger charge is -2.17. The second-order valence-electron chi connectivity index (χ2n) is 3.06. The first-order chi connectivity index (χ1) is 6.95. The number of aromatic nitrogens is 1. The smallest absolute Gasteiger partial charge is 0.335 e. The Kier molecular flexibility index (Phi) is 3.62. The molecule has 15 heavy (non-hydrogen) atoms. The van der Waals surface area contributed by atoms with Gasteiger partial charge >= 0.3 is 5.97 Å². The van der Waals surface area contributed by atoms with E-state index in [1.165, 1.54) is 6.20 Å². The lowest BCUT2D eigenvalue weighted by Crippen LogP contribution is -2.28. The van der Waals surface area contributed by atoms with Crippen molar-refractivity contribution in [1.29, 1.82) is 0 Å². The molecule has 2 atom stereocenters. The quantitative estimate of drug-likeness (QED) is 0.660. The number of carboxylic acids is 1. The molecule has 0 radical (unpaired) electrons. The van der Waals surface area contributed by atoms with Crippen LogP contribution in [0.25, 0.3) is 0 Å². The van der Waals surface area contributed by atoms with Crippen LogP contribution in [0, 0.1) is 6.92 Å². The average Bonchev–Trinajstić information content (AvgIpc) is 2.15. The molecule has 0 aliphatic rings. The van der Waals surface area contributed by atoms with Crippen molar-refractivity contribution in [3.05, 3.63) is 28.5 Å². The summed E-state index contributed by atoms with van der Waals surface area (Å²) < 4.78 is 0. The molecule has 0 aromatic carbocycles. The molecule has 0 aliphatic carbocycles. The largest absolute Gasteiger partial charge is 0.479 e. The number of hydrogen-bond acceptors (Lipinski definition) is 4. The number of aliphatic carboxylic acids is 1. The molecule has 1 aromatic rings. The van der Waals surface area contributed by atoms with E-state index in [9.17, 15) is 9.90 Å². The standard InChI is InChI=1S/C9H10ClNO4/c1-4-2-3-11-8(10)5(4)6(12)7(13)9(14)15/h2-3,6-7,12-13H,1H3,(H,14,15). The lowest BCUT2D eigenvalue weighted by molar-refractivity contribution is -0.153. The third-order valence-electron chi connectivity index (χ3n) is 2.01. The van der Waals surface area contributed by atoms with Crippen molar-refractivity contribution in [2.24, 2.45) is 0 Å². The van der Waals surface area contributed by atoms with Gasteiger partial charge in [0.2, 0.25) is 0 Å². The molecule has 0 fully saturated rings. The van der Waals surface area contributed by atoms with Crippen LogP contribution in [0.1, 0.15) is 17.2 Å². The molecular weight excluding hydrogens is 222 g/mol. The van der Waals surface area contributed by atoms with Gasteiger partial charge in [0.15, 0.2) is 6.10 Å². The highest BCUT2D eigenvalue weighted by Crippen LogP contribution is 2.26. The minimum atomic E-state index is -1.91. The number of aliphatic hydroxyl groups is 2. The number of pyridine rings is 1. The van der Waals surface area contributed by atoms with E-state index >= 15 is 0 Å². The zero-order valence-electron chi connectivity index (χ0n) is 7.88. The van der Waals surface area contributed by atoms with Crippen LogP contribution in [-0.2, 0) is 4.79 Å². The van der Waals surface area contributed by atoms with E-state index in [4.69, 9.17) is 21.8 Å². The number of aryl methyl sites for hydroxylation is 1. The Labute approximate surface area is 91.0 Å². The van der Waals surface area contributed by atoms with E-state index in [1.807, 2.05) is 0 Å². The summed E-state index contributed by atoms with van der Waals surface area (Å²) >= 11 is 5.70. The minimum absolute atomic E-state index is 0.0113. The van der Waals surface area contributed by atoms with Crippen LogP contribution in [0.5, 0.6) is 0 Å². The molecule has 1 rings (SSSR count). The Morgan fingerprint density at radius 1 is 1.53 bits per heavy atom. The number of hydrogen-bond donors (Lipinski definition) is 3. The number of rotatable bonds is 3. The normalized spacial score (nSPS) is 14.7. The monoisotopic (exact) mass is 231 g/mol. The summed E-state index contributed by atoms with van der Waals surface area (Å²) in [7, 11) is 0. The molecule has 2 unspecified atom stereocenters. The van der Waals surface area contributed by atoms with Crippen molar-refractivity contribution in [3.8, 4) is 0 Å². The first-order valence-corrected chi connectivity index (χ1v) is 4.53. The first-order valence-electron chi connectivity index (χ1n) is 4.15. The van der Waals surface area contributed by atoms with Gasteiger partial charge < -0.3 is 15.3 Å². The fraction of sp³-hybridized carbons (Fsp3) is 0.333. The van der Waals surface area contributed by atoms with Gasteiger partial charge in [-0.05, 0) is 18.6 Å². The molecule has 0 amide bonds. The number of aliphatic hydroxyl groups excluding tert-OH is 2. The van der Waals surface area contributed by atoms with Gasteiger partial charge in [0.25, 0.3) is 0 Å². The second-order valence-corrected chi connectivity index (χ2v) is 3.42. The number of carboxylic acid groups (broad SMARTS) is 1. The molecule has 0 saturated carbocycles. The molecule has 0 bridgehead atoms. The molecule has 3 N–H and O–H groups in total. The number of halogens is 1. The average molecular weight is 232 g/mol. The third-order valence-corrected chi connectivity index (χ3v) is 2.31. The lowest BCUT2D eigenvalue weighted by atomic mass is 10.0. The van der Waals surface area contributed by atoms with Crippen molar-refractivity contribution in [2.75, 3.05) is 0 Å². The van der Waals surface area contributed by atoms with Gasteiger partial charge in [0, 0.05) is 11.8 Å². The molecule has 82 valence electrons. The Morgan fingerprint density at radius 2 is 2.13 bits per heavy atom. The summed E-state index contributed by atoms with van der Waals surface area (Å²) in [4.78, 5) is 14.2. The Hall–Kier alpha value is -1.17. The van der Waals surface area contributed by atoms with Gasteiger partial charge in [-0.15, -0.1) is 0 Å². The fourth-order valence-electron chi connectivity index (χ4n) is 1.18. The summed E-state index contributed by atoms with van der Waals surface area (Å²) in [5, 5.41) is 27.2. The maximum Gasteiger partial charge on any atom is 0.335 e. The molecule has 0 spiro atoms. The molecule has 1 aromatic heterocycles. The minimum Gasteiger partial charge on any atom is -0.479 e. The van der Waals surface area contributed by atoms with E-state index in [-0.39, 0.29) is 10.7 Å². The highest BCUT2D eigenvalue weighted by atomic mass is 35.5. The van der Waals surface area contributed by atoms with Gasteiger partial charge in [-0.2, -0.15) is 0 Å². The molecule has 0 saturated heterocycles. The maximum atomic E-state index is 10.5. The SMILES string of the molecule is Cc1ccnc(Cl)c1C(O)C(O)C(=O)O. The van der Waals surface area contributed by atoms with Crippen molar-refractivity contribution >= 4 is 17.6 Å². The van der Waals surface area contributed by atoms with Gasteiger partial charge in [-0.3, -0.25) is 0 Å². The molecule has 5 nitrogen and oxygen atoms in total. The van der Waals surface area contributed by atoms with Gasteiger partial charge in [0.05, 0.1) is 0 Å². The van der Waals surface area contributed by atoms with E-state index < -0.39 is 18.2 Å². The highest BCUT2D eigenvalue weighted by molar-refractivity contribution is 6.30. The van der Waals surface area contributed by atoms with Crippen LogP contribution in [0.2, 0.25) is 5.15 Å². The van der Waals surface area contributed by atoms with E-state index in [1.54, 1.807) is 13.0 Å². The van der Waals surface area contributed by atoms with Gasteiger partial charge in [-0.1, -0.05) is 11.6 Å². The first kappa shape index (κ1) is 11.9. The van der Waals surface area contributed by atoms with Crippen molar-refractivity contribution in [1.82, 2.24) is 4.98 Å². The molecule has 6 heteroatoms. The zero-order chi connectivity index (χ0) is 11.6. The Bertz CT molecular complexity index is 362. The summed E-state index contributed by atoms with van der Waals surface area (Å²) in [6.45, 7) is 1.64. The highest BCUT2D eigenvalue weighted by Gasteiger charge is 2.28. The van der Waals surface area contributed by atoms with Crippen molar-refractivity contribution in [2.45, 2.75) is 19.1 Å². The van der Waals surface area contributed by atoms with Gasteiger partial charge in [-0.25, -0.2) is 9.78 Å². The van der Waals surface area contributed by atoms with E-state index in [2.05, 4.69) is 4.98 Å². The zero-order valence-corrected chi connectivity index (χ0v) is 8.64. The van der Waals surface area contributed by atoms with Crippen LogP contribution < -0.4 is 0 Å². The molecule has 0 aliphatic heterocycles. The number of nitrogens with zero attached hydrogens (tertiary/aromatic N) is 1. The molecule has 1 heterocycles. The van der Waals surface area contributed by atoms with E-state index in [0.717, 1.165) is 0 Å². The van der Waals surface area contributed by atoms with E-state index in [0.29, 0.717) is 5.56 Å². The predicted molar refractivity (Wildman–Crippen MR) is 52.6 cm³/mol. The summed E-state index contributed by atoms with van der Waals surface area (Å²) in [6, 6.07) is 1.57. The van der Waals surface area contributed by atoms with Crippen LogP contribution in [0.4, 0.5) is 0 Å². The predicted octanol–water partition coefficient (Wildman–Crippen LogP) is 0.522. The van der Waals surface area contributed by atoms with Crippen LogP contribution in [0.3, 0.4) is 0 Å². The topological polar surface area (TPSA) is 90.7 Å². The number of carbonyl (C=O) groups is 1. The Morgan fingerprint density at radius 3 is 2.60 bits per heavy atom. The summed E-state index contributed by atoms with van der Waals surface area (Å²) in [5.74, 6) is -1.51.